The minimum absolute atomic E-state index is 0.236. The van der Waals surface area contributed by atoms with Crippen molar-refractivity contribution < 1.29 is 19.0 Å². The van der Waals surface area contributed by atoms with Crippen molar-refractivity contribution in [1.29, 1.82) is 0 Å². The number of carbonyl (C=O) groups is 1. The molecule has 0 saturated carbocycles. The number of hydrogen-bond donors (Lipinski definition) is 1. The highest BCUT2D eigenvalue weighted by Gasteiger charge is 2.14. The number of anilines is 1. The molecule has 1 N–H and O–H groups in total. The smallest absolute Gasteiger partial charge is 0.253 e. The first-order valence-electron chi connectivity index (χ1n) is 7.98. The molecule has 1 atom stereocenters. The van der Waals surface area contributed by atoms with Gasteiger partial charge in [-0.3, -0.25) is 4.79 Å². The number of carbonyl (C=O) groups excluding carboxylic acids is 1. The molecule has 0 aliphatic carbocycles. The Kier molecular flexibility index (Phi) is 7.73. The lowest BCUT2D eigenvalue weighted by Crippen LogP contribution is -2.27. The van der Waals surface area contributed by atoms with E-state index in [4.69, 9.17) is 25.8 Å². The Hall–Kier alpha value is -2.08. The molecule has 6 heteroatoms. The van der Waals surface area contributed by atoms with Gasteiger partial charge in [0.1, 0.15) is 18.5 Å². The second-order valence-electron chi connectivity index (χ2n) is 5.41. The molecular formula is C19H22ClNO4. The third-order valence-electron chi connectivity index (χ3n) is 3.46. The summed E-state index contributed by atoms with van der Waals surface area (Å²) in [7, 11) is 1.60. The molecule has 1 amide bonds. The van der Waals surface area contributed by atoms with E-state index in [0.717, 1.165) is 5.56 Å². The minimum Gasteiger partial charge on any atom is -0.490 e. The van der Waals surface area contributed by atoms with Crippen LogP contribution in [0.4, 0.5) is 5.69 Å². The molecule has 0 aromatic heterocycles. The predicted molar refractivity (Wildman–Crippen MR) is 98.1 cm³/mol. The number of amides is 1. The maximum atomic E-state index is 12.2. The highest BCUT2D eigenvalue weighted by atomic mass is 35.5. The third-order valence-corrected chi connectivity index (χ3v) is 3.75. The molecule has 0 aliphatic heterocycles. The Morgan fingerprint density at radius 3 is 2.60 bits per heavy atom. The van der Waals surface area contributed by atoms with Gasteiger partial charge in [0.25, 0.3) is 5.91 Å². The van der Waals surface area contributed by atoms with E-state index in [2.05, 4.69) is 5.32 Å². The van der Waals surface area contributed by atoms with Crippen molar-refractivity contribution >= 4 is 23.2 Å². The molecule has 0 heterocycles. The molecule has 0 bridgehead atoms. The summed E-state index contributed by atoms with van der Waals surface area (Å²) in [4.78, 5) is 12.2. The van der Waals surface area contributed by atoms with Crippen LogP contribution in [0.15, 0.2) is 48.5 Å². The van der Waals surface area contributed by atoms with Crippen LogP contribution >= 0.6 is 11.6 Å². The van der Waals surface area contributed by atoms with Crippen molar-refractivity contribution in [3.8, 4) is 5.75 Å². The second-order valence-corrected chi connectivity index (χ2v) is 5.82. The zero-order valence-corrected chi connectivity index (χ0v) is 15.1. The number of rotatable bonds is 9. The number of halogens is 1. The Morgan fingerprint density at radius 2 is 1.92 bits per heavy atom. The van der Waals surface area contributed by atoms with Gasteiger partial charge in [-0.25, -0.2) is 0 Å². The van der Waals surface area contributed by atoms with Crippen molar-refractivity contribution in [3.05, 3.63) is 59.1 Å². The van der Waals surface area contributed by atoms with E-state index in [0.29, 0.717) is 36.3 Å². The molecule has 2 rings (SSSR count). The molecule has 1 unspecified atom stereocenters. The summed E-state index contributed by atoms with van der Waals surface area (Å²) in [6.07, 6.45) is -0.586. The van der Waals surface area contributed by atoms with E-state index >= 15 is 0 Å². The van der Waals surface area contributed by atoms with Crippen molar-refractivity contribution in [1.82, 2.24) is 0 Å². The highest BCUT2D eigenvalue weighted by Crippen LogP contribution is 2.27. The number of benzene rings is 2. The van der Waals surface area contributed by atoms with Crippen LogP contribution in [0, 0.1) is 0 Å². The fourth-order valence-corrected chi connectivity index (χ4v) is 2.28. The van der Waals surface area contributed by atoms with Gasteiger partial charge in [0, 0.05) is 12.8 Å². The molecule has 0 saturated heterocycles. The van der Waals surface area contributed by atoms with Crippen LogP contribution in [-0.2, 0) is 20.9 Å². The van der Waals surface area contributed by atoms with Gasteiger partial charge in [0.2, 0.25) is 0 Å². The Labute approximate surface area is 152 Å². The second kappa shape index (κ2) is 10.0. The van der Waals surface area contributed by atoms with E-state index in [1.165, 1.54) is 0 Å². The van der Waals surface area contributed by atoms with E-state index in [-0.39, 0.29) is 5.91 Å². The topological polar surface area (TPSA) is 56.8 Å². The standard InChI is InChI=1S/C19H22ClNO4/c1-14(25-13-15-6-4-3-5-7-15)19(22)21-16-8-9-18(17(20)12-16)24-11-10-23-2/h3-9,12,14H,10-11,13H2,1-2H3,(H,21,22). The molecule has 0 fully saturated rings. The van der Waals surface area contributed by atoms with Gasteiger partial charge >= 0.3 is 0 Å². The maximum Gasteiger partial charge on any atom is 0.253 e. The van der Waals surface area contributed by atoms with Crippen LogP contribution in [-0.4, -0.2) is 32.3 Å². The summed E-state index contributed by atoms with van der Waals surface area (Å²) in [5, 5.41) is 3.21. The van der Waals surface area contributed by atoms with Crippen molar-refractivity contribution in [2.24, 2.45) is 0 Å². The fourth-order valence-electron chi connectivity index (χ4n) is 2.05. The number of ether oxygens (including phenoxy) is 3. The number of hydrogen-bond acceptors (Lipinski definition) is 4. The monoisotopic (exact) mass is 363 g/mol. The van der Waals surface area contributed by atoms with Crippen molar-refractivity contribution in [3.63, 3.8) is 0 Å². The summed E-state index contributed by atoms with van der Waals surface area (Å²) in [6.45, 7) is 2.97. The van der Waals surface area contributed by atoms with Gasteiger partial charge in [0.15, 0.2) is 0 Å². The first-order valence-corrected chi connectivity index (χ1v) is 8.35. The minimum atomic E-state index is -0.586. The summed E-state index contributed by atoms with van der Waals surface area (Å²) in [6, 6.07) is 14.8. The number of nitrogens with one attached hydrogen (secondary N) is 1. The van der Waals surface area contributed by atoms with E-state index in [1.54, 1.807) is 32.2 Å². The zero-order valence-electron chi connectivity index (χ0n) is 14.3. The maximum absolute atomic E-state index is 12.2. The quantitative estimate of drug-likeness (QED) is 0.686. The molecule has 0 aliphatic rings. The van der Waals surface area contributed by atoms with Crippen molar-refractivity contribution in [2.75, 3.05) is 25.6 Å². The first-order chi connectivity index (χ1) is 12.1. The van der Waals surface area contributed by atoms with E-state index < -0.39 is 6.10 Å². The first kappa shape index (κ1) is 19.2. The summed E-state index contributed by atoms with van der Waals surface area (Å²) in [5.74, 6) is 0.310. The Morgan fingerprint density at radius 1 is 1.16 bits per heavy atom. The third kappa shape index (κ3) is 6.38. The average molecular weight is 364 g/mol. The predicted octanol–water partition coefficient (Wildman–Crippen LogP) is 3.91. The number of methoxy groups -OCH3 is 1. The van der Waals surface area contributed by atoms with Gasteiger partial charge in [-0.15, -0.1) is 0 Å². The summed E-state index contributed by atoms with van der Waals surface area (Å²) >= 11 is 6.16. The summed E-state index contributed by atoms with van der Waals surface area (Å²) < 4.78 is 16.0. The van der Waals surface area contributed by atoms with Crippen LogP contribution in [0.2, 0.25) is 5.02 Å². The lowest BCUT2D eigenvalue weighted by molar-refractivity contribution is -0.127. The van der Waals surface area contributed by atoms with Gasteiger partial charge in [0.05, 0.1) is 18.2 Å². The lowest BCUT2D eigenvalue weighted by atomic mass is 10.2. The zero-order chi connectivity index (χ0) is 18.1. The summed E-state index contributed by atoms with van der Waals surface area (Å²) in [5.41, 5.74) is 1.60. The fraction of sp³-hybridized carbons (Fsp3) is 0.316. The van der Waals surface area contributed by atoms with Crippen LogP contribution in [0.25, 0.3) is 0 Å². The van der Waals surface area contributed by atoms with Crippen LogP contribution in [0.3, 0.4) is 0 Å². The molecule has 5 nitrogen and oxygen atoms in total. The molecule has 2 aromatic carbocycles. The van der Waals surface area contributed by atoms with Crippen LogP contribution < -0.4 is 10.1 Å². The Bertz CT molecular complexity index is 678. The SMILES string of the molecule is COCCOc1ccc(NC(=O)C(C)OCc2ccccc2)cc1Cl. The lowest BCUT2D eigenvalue weighted by Gasteiger charge is -2.14. The molecule has 25 heavy (non-hydrogen) atoms. The van der Waals surface area contributed by atoms with Crippen LogP contribution in [0.1, 0.15) is 12.5 Å². The van der Waals surface area contributed by atoms with Gasteiger partial charge < -0.3 is 19.5 Å². The molecule has 134 valence electrons. The van der Waals surface area contributed by atoms with Crippen LogP contribution in [0.5, 0.6) is 5.75 Å². The highest BCUT2D eigenvalue weighted by molar-refractivity contribution is 6.32. The Balaban J connectivity index is 1.85. The molecule has 2 aromatic rings. The van der Waals surface area contributed by atoms with E-state index in [1.807, 2.05) is 30.3 Å². The van der Waals surface area contributed by atoms with Gasteiger partial charge in [-0.1, -0.05) is 41.9 Å². The van der Waals surface area contributed by atoms with Gasteiger partial charge in [-0.05, 0) is 30.7 Å². The van der Waals surface area contributed by atoms with Crippen molar-refractivity contribution in [2.45, 2.75) is 19.6 Å². The largest absolute Gasteiger partial charge is 0.490 e. The molecule has 0 spiro atoms. The molecule has 0 radical (unpaired) electrons. The van der Waals surface area contributed by atoms with E-state index in [9.17, 15) is 4.79 Å². The normalized spacial score (nSPS) is 11.8. The van der Waals surface area contributed by atoms with Gasteiger partial charge in [-0.2, -0.15) is 0 Å². The average Bonchev–Trinajstić information content (AvgIpc) is 2.62. The molecular weight excluding hydrogens is 342 g/mol.